The standard InChI is InChI=1S/C12H18N2O/c1-15-11-4-2-3-9(7-11)12(13)10-5-6-14-8-10/h2-4,7,10,12,14H,5-6,8,13H2,1H3. The van der Waals surface area contributed by atoms with E-state index in [4.69, 9.17) is 10.5 Å². The topological polar surface area (TPSA) is 47.3 Å². The number of nitrogens with one attached hydrogen (secondary N) is 1. The number of hydrogen-bond donors (Lipinski definition) is 2. The monoisotopic (exact) mass is 206 g/mol. The summed E-state index contributed by atoms with van der Waals surface area (Å²) in [4.78, 5) is 0. The van der Waals surface area contributed by atoms with Crippen LogP contribution in [-0.4, -0.2) is 20.2 Å². The van der Waals surface area contributed by atoms with Gasteiger partial charge in [-0.15, -0.1) is 0 Å². The summed E-state index contributed by atoms with van der Waals surface area (Å²) >= 11 is 0. The van der Waals surface area contributed by atoms with Crippen LogP contribution in [-0.2, 0) is 0 Å². The van der Waals surface area contributed by atoms with Crippen LogP contribution in [0.25, 0.3) is 0 Å². The van der Waals surface area contributed by atoms with E-state index in [0.717, 1.165) is 18.8 Å². The second kappa shape index (κ2) is 4.64. The Bertz CT molecular complexity index is 321. The molecule has 0 amide bonds. The highest BCUT2D eigenvalue weighted by molar-refractivity contribution is 5.30. The maximum absolute atomic E-state index is 6.23. The molecular weight excluding hydrogens is 188 g/mol. The molecule has 3 nitrogen and oxygen atoms in total. The first-order valence-corrected chi connectivity index (χ1v) is 5.41. The van der Waals surface area contributed by atoms with Crippen molar-refractivity contribution in [1.29, 1.82) is 0 Å². The molecule has 0 spiro atoms. The first kappa shape index (κ1) is 10.5. The Morgan fingerprint density at radius 2 is 2.40 bits per heavy atom. The van der Waals surface area contributed by atoms with Crippen LogP contribution in [0.15, 0.2) is 24.3 Å². The molecule has 15 heavy (non-hydrogen) atoms. The number of rotatable bonds is 3. The summed E-state index contributed by atoms with van der Waals surface area (Å²) in [5.74, 6) is 1.44. The van der Waals surface area contributed by atoms with E-state index in [1.165, 1.54) is 12.0 Å². The molecule has 82 valence electrons. The average molecular weight is 206 g/mol. The van der Waals surface area contributed by atoms with E-state index in [1.54, 1.807) is 7.11 Å². The molecule has 2 rings (SSSR count). The van der Waals surface area contributed by atoms with Crippen LogP contribution in [0.2, 0.25) is 0 Å². The molecule has 1 fully saturated rings. The van der Waals surface area contributed by atoms with Crippen molar-refractivity contribution in [1.82, 2.24) is 5.32 Å². The molecule has 1 saturated heterocycles. The van der Waals surface area contributed by atoms with Crippen LogP contribution in [0.4, 0.5) is 0 Å². The summed E-state index contributed by atoms with van der Waals surface area (Å²) in [6, 6.07) is 8.17. The molecule has 2 atom stereocenters. The van der Waals surface area contributed by atoms with Crippen molar-refractivity contribution in [2.75, 3.05) is 20.2 Å². The molecule has 0 saturated carbocycles. The Hall–Kier alpha value is -1.06. The fourth-order valence-electron chi connectivity index (χ4n) is 2.10. The predicted octanol–water partition coefficient (Wildman–Crippen LogP) is 1.30. The van der Waals surface area contributed by atoms with Crippen molar-refractivity contribution >= 4 is 0 Å². The Morgan fingerprint density at radius 3 is 3.07 bits per heavy atom. The van der Waals surface area contributed by atoms with Gasteiger partial charge in [-0.2, -0.15) is 0 Å². The quantitative estimate of drug-likeness (QED) is 0.783. The van der Waals surface area contributed by atoms with Crippen molar-refractivity contribution in [3.8, 4) is 5.75 Å². The SMILES string of the molecule is COc1cccc(C(N)C2CCNC2)c1. The van der Waals surface area contributed by atoms with Gasteiger partial charge in [0.15, 0.2) is 0 Å². The van der Waals surface area contributed by atoms with Crippen molar-refractivity contribution in [3.63, 3.8) is 0 Å². The molecule has 0 bridgehead atoms. The number of methoxy groups -OCH3 is 1. The van der Waals surface area contributed by atoms with Crippen LogP contribution in [0.5, 0.6) is 5.75 Å². The minimum Gasteiger partial charge on any atom is -0.497 e. The Labute approximate surface area is 90.6 Å². The van der Waals surface area contributed by atoms with Crippen LogP contribution in [0, 0.1) is 5.92 Å². The van der Waals surface area contributed by atoms with Crippen LogP contribution < -0.4 is 15.8 Å². The van der Waals surface area contributed by atoms with Gasteiger partial charge in [0.05, 0.1) is 7.11 Å². The number of hydrogen-bond acceptors (Lipinski definition) is 3. The third kappa shape index (κ3) is 2.30. The summed E-state index contributed by atoms with van der Waals surface area (Å²) in [6.07, 6.45) is 1.17. The zero-order valence-electron chi connectivity index (χ0n) is 9.07. The van der Waals surface area contributed by atoms with Gasteiger partial charge in [0, 0.05) is 6.04 Å². The molecule has 2 unspecified atom stereocenters. The van der Waals surface area contributed by atoms with Crippen LogP contribution >= 0.6 is 0 Å². The van der Waals surface area contributed by atoms with Crippen molar-refractivity contribution in [2.24, 2.45) is 11.7 Å². The summed E-state index contributed by atoms with van der Waals surface area (Å²) < 4.78 is 5.20. The Morgan fingerprint density at radius 1 is 1.53 bits per heavy atom. The minimum absolute atomic E-state index is 0.120. The fourth-order valence-corrected chi connectivity index (χ4v) is 2.10. The zero-order chi connectivity index (χ0) is 10.7. The second-order valence-electron chi connectivity index (χ2n) is 4.06. The smallest absolute Gasteiger partial charge is 0.119 e. The molecule has 0 aromatic heterocycles. The molecule has 1 aliphatic heterocycles. The zero-order valence-corrected chi connectivity index (χ0v) is 9.07. The molecule has 1 aliphatic rings. The lowest BCUT2D eigenvalue weighted by atomic mass is 9.93. The Kier molecular flexibility index (Phi) is 3.23. The van der Waals surface area contributed by atoms with Crippen LogP contribution in [0.1, 0.15) is 18.0 Å². The van der Waals surface area contributed by atoms with Crippen molar-refractivity contribution in [3.05, 3.63) is 29.8 Å². The lowest BCUT2D eigenvalue weighted by molar-refractivity contribution is 0.411. The van der Waals surface area contributed by atoms with Gasteiger partial charge in [-0.05, 0) is 43.1 Å². The molecule has 0 aliphatic carbocycles. The number of ether oxygens (including phenoxy) is 1. The highest BCUT2D eigenvalue weighted by Gasteiger charge is 2.22. The van der Waals surface area contributed by atoms with Gasteiger partial charge < -0.3 is 15.8 Å². The molecule has 3 N–H and O–H groups in total. The van der Waals surface area contributed by atoms with E-state index in [2.05, 4.69) is 11.4 Å². The van der Waals surface area contributed by atoms with Gasteiger partial charge in [-0.1, -0.05) is 12.1 Å². The Balaban J connectivity index is 2.13. The molecular formula is C12H18N2O. The van der Waals surface area contributed by atoms with Gasteiger partial charge in [-0.3, -0.25) is 0 Å². The van der Waals surface area contributed by atoms with Crippen LogP contribution in [0.3, 0.4) is 0 Å². The van der Waals surface area contributed by atoms with E-state index in [1.807, 2.05) is 18.2 Å². The maximum Gasteiger partial charge on any atom is 0.119 e. The fraction of sp³-hybridized carbons (Fsp3) is 0.500. The van der Waals surface area contributed by atoms with Gasteiger partial charge in [-0.25, -0.2) is 0 Å². The van der Waals surface area contributed by atoms with E-state index in [0.29, 0.717) is 5.92 Å². The second-order valence-corrected chi connectivity index (χ2v) is 4.06. The lowest BCUT2D eigenvalue weighted by Crippen LogP contribution is -2.23. The largest absolute Gasteiger partial charge is 0.497 e. The third-order valence-corrected chi connectivity index (χ3v) is 3.08. The van der Waals surface area contributed by atoms with Gasteiger partial charge in [0.1, 0.15) is 5.75 Å². The van der Waals surface area contributed by atoms with Crippen molar-refractivity contribution in [2.45, 2.75) is 12.5 Å². The lowest BCUT2D eigenvalue weighted by Gasteiger charge is -2.19. The molecule has 0 radical (unpaired) electrons. The molecule has 1 aromatic carbocycles. The summed E-state index contributed by atoms with van der Waals surface area (Å²) in [5.41, 5.74) is 7.40. The minimum atomic E-state index is 0.120. The highest BCUT2D eigenvalue weighted by Crippen LogP contribution is 2.26. The van der Waals surface area contributed by atoms with Gasteiger partial charge >= 0.3 is 0 Å². The summed E-state index contributed by atoms with van der Waals surface area (Å²) in [6.45, 7) is 2.11. The average Bonchev–Trinajstić information content (AvgIpc) is 2.81. The first-order chi connectivity index (χ1) is 7.31. The van der Waals surface area contributed by atoms with Gasteiger partial charge in [0.2, 0.25) is 0 Å². The maximum atomic E-state index is 6.23. The van der Waals surface area contributed by atoms with E-state index >= 15 is 0 Å². The van der Waals surface area contributed by atoms with E-state index in [9.17, 15) is 0 Å². The predicted molar refractivity (Wildman–Crippen MR) is 60.9 cm³/mol. The number of benzene rings is 1. The molecule has 1 heterocycles. The van der Waals surface area contributed by atoms with E-state index in [-0.39, 0.29) is 6.04 Å². The van der Waals surface area contributed by atoms with Gasteiger partial charge in [0.25, 0.3) is 0 Å². The molecule has 3 heteroatoms. The third-order valence-electron chi connectivity index (χ3n) is 3.08. The summed E-state index contributed by atoms with van der Waals surface area (Å²) in [7, 11) is 1.68. The number of nitrogens with two attached hydrogens (primary N) is 1. The van der Waals surface area contributed by atoms with E-state index < -0.39 is 0 Å². The highest BCUT2D eigenvalue weighted by atomic mass is 16.5. The summed E-state index contributed by atoms with van der Waals surface area (Å²) in [5, 5.41) is 3.34. The van der Waals surface area contributed by atoms with Crippen molar-refractivity contribution < 1.29 is 4.74 Å². The molecule has 1 aromatic rings. The normalized spacial score (nSPS) is 22.7. The first-order valence-electron chi connectivity index (χ1n) is 5.41.